The molecule has 10 nitrogen and oxygen atoms in total. The summed E-state index contributed by atoms with van der Waals surface area (Å²) < 4.78 is 0. The van der Waals surface area contributed by atoms with Crippen LogP contribution in [0.3, 0.4) is 0 Å². The molecule has 4 aromatic carbocycles. The number of hydrogen-bond donors (Lipinski definition) is 7. The lowest BCUT2D eigenvalue weighted by Crippen LogP contribution is -2.58. The van der Waals surface area contributed by atoms with E-state index in [0.29, 0.717) is 38.8 Å². The Morgan fingerprint density at radius 3 is 2.33 bits per heavy atom. The number of rotatable bonds is 14. The number of nitrogens with zero attached hydrogens (tertiary/aromatic N) is 1. The molecule has 0 fully saturated rings. The van der Waals surface area contributed by atoms with Gasteiger partial charge in [0, 0.05) is 38.4 Å². The number of nitrogens with one attached hydrogen (secondary N) is 4. The van der Waals surface area contributed by atoms with Gasteiger partial charge in [-0.25, -0.2) is 4.98 Å². The Hall–Kier alpha value is -4.87. The van der Waals surface area contributed by atoms with Crippen molar-refractivity contribution in [3.05, 3.63) is 137 Å². The van der Waals surface area contributed by atoms with E-state index in [4.69, 9.17) is 5.73 Å². The average Bonchev–Trinajstić information content (AvgIpc) is 3.67. The summed E-state index contributed by atoms with van der Waals surface area (Å²) >= 11 is 0. The number of fused-ring (bicyclic) bond motifs is 2. The maximum absolute atomic E-state index is 13.7. The number of H-pyrrole nitrogens is 1. The van der Waals surface area contributed by atoms with Crippen LogP contribution in [-0.2, 0) is 41.9 Å². The van der Waals surface area contributed by atoms with Gasteiger partial charge < -0.3 is 31.6 Å². The van der Waals surface area contributed by atoms with Gasteiger partial charge in [0.1, 0.15) is 11.9 Å². The molecule has 10 heteroatoms. The molecule has 1 aromatic heterocycles. The van der Waals surface area contributed by atoms with E-state index in [9.17, 15) is 19.8 Å². The topological polar surface area (TPSA) is 165 Å². The van der Waals surface area contributed by atoms with Gasteiger partial charge in [-0.1, -0.05) is 91.0 Å². The molecule has 248 valence electrons. The Morgan fingerprint density at radius 1 is 0.875 bits per heavy atom. The van der Waals surface area contributed by atoms with Crippen molar-refractivity contribution >= 4 is 22.8 Å². The number of para-hydroxylation sites is 2. The molecule has 0 bridgehead atoms. The minimum Gasteiger partial charge on any atom is -0.390 e. The van der Waals surface area contributed by atoms with Crippen LogP contribution in [0.4, 0.5) is 0 Å². The number of aromatic amines is 1. The van der Waals surface area contributed by atoms with Gasteiger partial charge in [-0.3, -0.25) is 14.9 Å². The van der Waals surface area contributed by atoms with Crippen LogP contribution >= 0.6 is 0 Å². The number of aliphatic hydroxyl groups excluding tert-OH is 2. The molecule has 48 heavy (non-hydrogen) atoms. The lowest BCUT2D eigenvalue weighted by atomic mass is 9.95. The molecule has 0 saturated heterocycles. The molecule has 1 aliphatic carbocycles. The standard InChI is InChI=1S/C38H42N6O4/c39-29(20-24-8-2-1-3-9-24)37(47)36(38(48)44-35-28-11-5-4-10-27(28)21-32(35)45)41-23-26-16-14-25(15-17-26)22-40-34(46)19-18-33-42-30-12-6-7-13-31(30)43-33/h1-17,29,32,35-37,41,45,47H,18-23,39H2,(H,40,46)(H,42,43)(H,44,48)/t29-,32+,35-,36+,37+/m0/s1. The van der Waals surface area contributed by atoms with Crippen molar-refractivity contribution in [2.75, 3.05) is 0 Å². The Balaban J connectivity index is 1.05. The first-order chi connectivity index (χ1) is 23.3. The van der Waals surface area contributed by atoms with E-state index in [-0.39, 0.29) is 5.91 Å². The van der Waals surface area contributed by atoms with Crippen LogP contribution in [0.15, 0.2) is 103 Å². The number of aliphatic hydroxyl groups is 2. The van der Waals surface area contributed by atoms with Crippen LogP contribution < -0.4 is 21.7 Å². The van der Waals surface area contributed by atoms with Gasteiger partial charge in [0.2, 0.25) is 11.8 Å². The highest BCUT2D eigenvalue weighted by atomic mass is 16.3. The maximum Gasteiger partial charge on any atom is 0.240 e. The Morgan fingerprint density at radius 2 is 1.56 bits per heavy atom. The summed E-state index contributed by atoms with van der Waals surface area (Å²) in [5, 5.41) is 31.3. The Bertz CT molecular complexity index is 1790. The van der Waals surface area contributed by atoms with Crippen LogP contribution in [0.25, 0.3) is 11.0 Å². The quantitative estimate of drug-likeness (QED) is 0.0975. The largest absolute Gasteiger partial charge is 0.390 e. The number of aryl methyl sites for hydroxylation is 1. The average molecular weight is 647 g/mol. The van der Waals surface area contributed by atoms with Crippen LogP contribution in [-0.4, -0.2) is 56.3 Å². The molecule has 0 unspecified atom stereocenters. The van der Waals surface area contributed by atoms with Gasteiger partial charge in [-0.15, -0.1) is 0 Å². The predicted molar refractivity (Wildman–Crippen MR) is 184 cm³/mol. The summed E-state index contributed by atoms with van der Waals surface area (Å²) in [4.78, 5) is 34.0. The van der Waals surface area contributed by atoms with Crippen LogP contribution in [0, 0.1) is 0 Å². The predicted octanol–water partition coefficient (Wildman–Crippen LogP) is 2.98. The fourth-order valence-corrected chi connectivity index (χ4v) is 6.26. The number of carbonyl (C=O) groups excluding carboxylic acids is 2. The second-order valence-corrected chi connectivity index (χ2v) is 12.5. The smallest absolute Gasteiger partial charge is 0.240 e. The van der Waals surface area contributed by atoms with E-state index < -0.39 is 36.2 Å². The third kappa shape index (κ3) is 8.15. The first kappa shape index (κ1) is 33.0. The van der Waals surface area contributed by atoms with Crippen molar-refractivity contribution in [1.82, 2.24) is 25.9 Å². The highest BCUT2D eigenvalue weighted by molar-refractivity contribution is 5.83. The highest BCUT2D eigenvalue weighted by Gasteiger charge is 2.37. The molecule has 8 N–H and O–H groups in total. The number of imidazole rings is 1. The number of carbonyl (C=O) groups is 2. The summed E-state index contributed by atoms with van der Waals surface area (Å²) in [5.74, 6) is 0.283. The van der Waals surface area contributed by atoms with Gasteiger partial charge in [0.25, 0.3) is 0 Å². The first-order valence-corrected chi connectivity index (χ1v) is 16.4. The van der Waals surface area contributed by atoms with E-state index >= 15 is 0 Å². The summed E-state index contributed by atoms with van der Waals surface area (Å²) in [6, 6.07) is 30.4. The molecular weight excluding hydrogens is 604 g/mol. The van der Waals surface area contributed by atoms with Crippen LogP contribution in [0.5, 0.6) is 0 Å². The van der Waals surface area contributed by atoms with E-state index in [0.717, 1.165) is 44.7 Å². The SMILES string of the molecule is N[C@@H](Cc1ccccc1)[C@@H](O)[C@@H](NCc1ccc(CNC(=O)CCc2nc3ccccc3[nH]2)cc1)C(=O)N[C@H]1c2ccccc2C[C@H]1O. The van der Waals surface area contributed by atoms with E-state index in [1.54, 1.807) is 0 Å². The molecular formula is C38H42N6O4. The van der Waals surface area contributed by atoms with E-state index in [2.05, 4.69) is 25.9 Å². The Kier molecular flexibility index (Phi) is 10.6. The molecule has 1 heterocycles. The number of amides is 2. The third-order valence-corrected chi connectivity index (χ3v) is 8.94. The van der Waals surface area contributed by atoms with Crippen molar-refractivity contribution in [2.45, 2.75) is 69.1 Å². The van der Waals surface area contributed by atoms with E-state index in [1.165, 1.54) is 0 Å². The highest BCUT2D eigenvalue weighted by Crippen LogP contribution is 2.31. The minimum absolute atomic E-state index is 0.0640. The third-order valence-electron chi connectivity index (χ3n) is 8.94. The molecule has 2 amide bonds. The van der Waals surface area contributed by atoms with Crippen molar-refractivity contribution in [3.8, 4) is 0 Å². The van der Waals surface area contributed by atoms with Gasteiger partial charge in [-0.05, 0) is 46.4 Å². The number of aromatic nitrogens is 2. The van der Waals surface area contributed by atoms with Crippen molar-refractivity contribution in [2.24, 2.45) is 5.73 Å². The molecule has 6 rings (SSSR count). The minimum atomic E-state index is -1.20. The second kappa shape index (κ2) is 15.4. The fraction of sp³-hybridized carbons (Fsp3) is 0.289. The molecule has 5 atom stereocenters. The first-order valence-electron chi connectivity index (χ1n) is 16.4. The summed E-state index contributed by atoms with van der Waals surface area (Å²) in [6.07, 6.45) is -0.283. The monoisotopic (exact) mass is 646 g/mol. The molecule has 0 aliphatic heterocycles. The zero-order valence-electron chi connectivity index (χ0n) is 26.7. The molecule has 0 saturated carbocycles. The fourth-order valence-electron chi connectivity index (χ4n) is 6.26. The lowest BCUT2D eigenvalue weighted by Gasteiger charge is -2.30. The van der Waals surface area contributed by atoms with Crippen molar-refractivity contribution in [3.63, 3.8) is 0 Å². The zero-order valence-corrected chi connectivity index (χ0v) is 26.7. The maximum atomic E-state index is 13.7. The molecule has 0 spiro atoms. The van der Waals surface area contributed by atoms with Crippen molar-refractivity contribution in [1.29, 1.82) is 0 Å². The zero-order chi connectivity index (χ0) is 33.5. The van der Waals surface area contributed by atoms with Gasteiger partial charge >= 0.3 is 0 Å². The molecule has 1 aliphatic rings. The van der Waals surface area contributed by atoms with Crippen LogP contribution in [0.2, 0.25) is 0 Å². The number of benzene rings is 4. The van der Waals surface area contributed by atoms with Crippen LogP contribution in [0.1, 0.15) is 46.1 Å². The number of nitrogens with two attached hydrogens (primary N) is 1. The summed E-state index contributed by atoms with van der Waals surface area (Å²) in [7, 11) is 0. The lowest BCUT2D eigenvalue weighted by molar-refractivity contribution is -0.128. The normalized spacial score (nSPS) is 17.4. The molecule has 0 radical (unpaired) electrons. The molecule has 5 aromatic rings. The summed E-state index contributed by atoms with van der Waals surface area (Å²) in [5.41, 5.74) is 12.9. The van der Waals surface area contributed by atoms with Crippen molar-refractivity contribution < 1.29 is 19.8 Å². The second-order valence-electron chi connectivity index (χ2n) is 12.5. The van der Waals surface area contributed by atoms with E-state index in [1.807, 2.05) is 103 Å². The summed E-state index contributed by atoms with van der Waals surface area (Å²) in [6.45, 7) is 0.678. The Labute approximate surface area is 279 Å². The van der Waals surface area contributed by atoms with Gasteiger partial charge in [0.15, 0.2) is 0 Å². The van der Waals surface area contributed by atoms with Gasteiger partial charge in [0.05, 0.1) is 29.3 Å². The number of hydrogen-bond acceptors (Lipinski definition) is 7. The van der Waals surface area contributed by atoms with Gasteiger partial charge in [-0.2, -0.15) is 0 Å².